The van der Waals surface area contributed by atoms with Gasteiger partial charge in [0.15, 0.2) is 6.29 Å². The van der Waals surface area contributed by atoms with Crippen LogP contribution in [-0.2, 0) is 11.3 Å². The van der Waals surface area contributed by atoms with Gasteiger partial charge in [0, 0.05) is 22.8 Å². The number of nitrogens with zero attached hydrogens (tertiary/aromatic N) is 1. The standard InChI is InChI=1S/C11H11NO2S/c13-11(9-3-5-12-6-4-9)14-8-10-2-1-7-15-10/h1-7,11,13H,8H2. The number of aliphatic hydroxyl groups excluding tert-OH is 1. The fraction of sp³-hybridized carbons (Fsp3) is 0.182. The van der Waals surface area contributed by atoms with E-state index in [-0.39, 0.29) is 0 Å². The molecule has 2 aromatic rings. The van der Waals surface area contributed by atoms with Crippen molar-refractivity contribution in [3.8, 4) is 0 Å². The Bertz CT molecular complexity index is 388. The molecule has 2 heterocycles. The van der Waals surface area contributed by atoms with E-state index in [1.165, 1.54) is 0 Å². The molecule has 2 aromatic heterocycles. The molecule has 0 aromatic carbocycles. The van der Waals surface area contributed by atoms with Crippen molar-refractivity contribution in [1.29, 1.82) is 0 Å². The Kier molecular flexibility index (Phi) is 3.45. The topological polar surface area (TPSA) is 42.4 Å². The van der Waals surface area contributed by atoms with Crippen LogP contribution < -0.4 is 0 Å². The van der Waals surface area contributed by atoms with Crippen LogP contribution in [0.5, 0.6) is 0 Å². The predicted molar refractivity (Wildman–Crippen MR) is 58.3 cm³/mol. The van der Waals surface area contributed by atoms with Gasteiger partial charge in [0.1, 0.15) is 0 Å². The highest BCUT2D eigenvalue weighted by molar-refractivity contribution is 7.09. The third-order valence-corrected chi connectivity index (χ3v) is 2.80. The smallest absolute Gasteiger partial charge is 0.181 e. The molecule has 0 aliphatic carbocycles. The third kappa shape index (κ3) is 2.86. The Hall–Kier alpha value is -1.23. The van der Waals surface area contributed by atoms with Crippen molar-refractivity contribution in [3.05, 3.63) is 52.5 Å². The Balaban J connectivity index is 1.90. The van der Waals surface area contributed by atoms with E-state index in [2.05, 4.69) is 4.98 Å². The van der Waals surface area contributed by atoms with E-state index in [4.69, 9.17) is 4.74 Å². The highest BCUT2D eigenvalue weighted by atomic mass is 32.1. The van der Waals surface area contributed by atoms with Gasteiger partial charge in [0.05, 0.1) is 6.61 Å². The second kappa shape index (κ2) is 5.02. The van der Waals surface area contributed by atoms with E-state index in [0.717, 1.165) is 10.4 Å². The summed E-state index contributed by atoms with van der Waals surface area (Å²) < 4.78 is 5.31. The van der Waals surface area contributed by atoms with Gasteiger partial charge in [-0.3, -0.25) is 4.98 Å². The van der Waals surface area contributed by atoms with Gasteiger partial charge < -0.3 is 9.84 Å². The summed E-state index contributed by atoms with van der Waals surface area (Å²) in [4.78, 5) is 4.97. The molecule has 1 atom stereocenters. The van der Waals surface area contributed by atoms with E-state index in [1.807, 2.05) is 17.5 Å². The van der Waals surface area contributed by atoms with Crippen LogP contribution in [-0.4, -0.2) is 10.1 Å². The molecule has 0 fully saturated rings. The van der Waals surface area contributed by atoms with Gasteiger partial charge in [-0.05, 0) is 23.6 Å². The summed E-state index contributed by atoms with van der Waals surface area (Å²) in [5, 5.41) is 11.7. The summed E-state index contributed by atoms with van der Waals surface area (Å²) in [5.74, 6) is 0. The van der Waals surface area contributed by atoms with Crippen LogP contribution in [0.25, 0.3) is 0 Å². The number of hydrogen-bond donors (Lipinski definition) is 1. The van der Waals surface area contributed by atoms with Gasteiger partial charge in [-0.15, -0.1) is 11.3 Å². The fourth-order valence-corrected chi connectivity index (χ4v) is 1.81. The summed E-state index contributed by atoms with van der Waals surface area (Å²) in [6.07, 6.45) is 2.38. The minimum Gasteiger partial charge on any atom is -0.364 e. The first-order valence-corrected chi connectivity index (χ1v) is 5.46. The lowest BCUT2D eigenvalue weighted by Crippen LogP contribution is -2.02. The number of thiophene rings is 1. The molecule has 0 saturated heterocycles. The van der Waals surface area contributed by atoms with Crippen LogP contribution in [0.3, 0.4) is 0 Å². The molecule has 78 valence electrons. The molecule has 3 nitrogen and oxygen atoms in total. The number of aliphatic hydroxyl groups is 1. The zero-order chi connectivity index (χ0) is 10.5. The third-order valence-electron chi connectivity index (χ3n) is 1.95. The van der Waals surface area contributed by atoms with Crippen molar-refractivity contribution in [2.75, 3.05) is 0 Å². The first-order valence-electron chi connectivity index (χ1n) is 4.58. The number of hydrogen-bond acceptors (Lipinski definition) is 4. The maximum atomic E-state index is 9.67. The summed E-state index contributed by atoms with van der Waals surface area (Å²) in [6, 6.07) is 7.41. The van der Waals surface area contributed by atoms with Gasteiger partial charge in [-0.2, -0.15) is 0 Å². The molecule has 0 aliphatic heterocycles. The van der Waals surface area contributed by atoms with Crippen molar-refractivity contribution in [1.82, 2.24) is 4.98 Å². The van der Waals surface area contributed by atoms with Gasteiger partial charge in [0.2, 0.25) is 0 Å². The average molecular weight is 221 g/mol. The van der Waals surface area contributed by atoms with Gasteiger partial charge >= 0.3 is 0 Å². The molecule has 0 spiro atoms. The zero-order valence-corrected chi connectivity index (χ0v) is 8.85. The van der Waals surface area contributed by atoms with Crippen LogP contribution in [0.1, 0.15) is 16.7 Å². The summed E-state index contributed by atoms with van der Waals surface area (Å²) in [6.45, 7) is 0.432. The quantitative estimate of drug-likeness (QED) is 0.806. The van der Waals surface area contributed by atoms with Crippen molar-refractivity contribution in [2.45, 2.75) is 12.9 Å². The van der Waals surface area contributed by atoms with E-state index in [1.54, 1.807) is 35.9 Å². The summed E-state index contributed by atoms with van der Waals surface area (Å²) in [5.41, 5.74) is 0.724. The Labute approximate surface area is 92.0 Å². The maximum absolute atomic E-state index is 9.67. The van der Waals surface area contributed by atoms with Crippen LogP contribution >= 0.6 is 11.3 Å². The Morgan fingerprint density at radius 1 is 1.33 bits per heavy atom. The van der Waals surface area contributed by atoms with Gasteiger partial charge in [0.25, 0.3) is 0 Å². The lowest BCUT2D eigenvalue weighted by Gasteiger charge is -2.10. The monoisotopic (exact) mass is 221 g/mol. The second-order valence-electron chi connectivity index (χ2n) is 3.02. The first-order chi connectivity index (χ1) is 7.36. The van der Waals surface area contributed by atoms with Gasteiger partial charge in [-0.1, -0.05) is 6.07 Å². The van der Waals surface area contributed by atoms with Crippen LogP contribution in [0, 0.1) is 0 Å². The van der Waals surface area contributed by atoms with Crippen molar-refractivity contribution in [2.24, 2.45) is 0 Å². The molecule has 0 bridgehead atoms. The van der Waals surface area contributed by atoms with Crippen LogP contribution in [0.2, 0.25) is 0 Å². The second-order valence-corrected chi connectivity index (χ2v) is 4.06. The minimum absolute atomic E-state index is 0.432. The van der Waals surface area contributed by atoms with Crippen molar-refractivity contribution in [3.63, 3.8) is 0 Å². The summed E-state index contributed by atoms with van der Waals surface area (Å²) >= 11 is 1.61. The lowest BCUT2D eigenvalue weighted by molar-refractivity contribution is -0.111. The predicted octanol–water partition coefficient (Wildman–Crippen LogP) is 2.35. The highest BCUT2D eigenvalue weighted by Crippen LogP contribution is 2.17. The average Bonchev–Trinajstić information content (AvgIpc) is 2.80. The van der Waals surface area contributed by atoms with E-state index in [0.29, 0.717) is 6.61 Å². The summed E-state index contributed by atoms with van der Waals surface area (Å²) in [7, 11) is 0. The molecule has 0 saturated carbocycles. The highest BCUT2D eigenvalue weighted by Gasteiger charge is 2.07. The molecule has 15 heavy (non-hydrogen) atoms. The molecule has 1 unspecified atom stereocenters. The molecule has 1 N–H and O–H groups in total. The molecule has 4 heteroatoms. The van der Waals surface area contributed by atoms with Crippen molar-refractivity contribution < 1.29 is 9.84 Å². The lowest BCUT2D eigenvalue weighted by atomic mass is 10.2. The molecule has 0 aliphatic rings. The van der Waals surface area contributed by atoms with Gasteiger partial charge in [-0.25, -0.2) is 0 Å². The molecular formula is C11H11NO2S. The molecule has 0 radical (unpaired) electrons. The first kappa shape index (κ1) is 10.3. The largest absolute Gasteiger partial charge is 0.364 e. The Morgan fingerprint density at radius 2 is 2.13 bits per heavy atom. The SMILES string of the molecule is OC(OCc1cccs1)c1ccncc1. The fourth-order valence-electron chi connectivity index (χ4n) is 1.18. The Morgan fingerprint density at radius 3 is 2.80 bits per heavy atom. The number of rotatable bonds is 4. The number of aromatic nitrogens is 1. The normalized spacial score (nSPS) is 12.6. The zero-order valence-electron chi connectivity index (χ0n) is 8.04. The molecule has 0 amide bonds. The van der Waals surface area contributed by atoms with E-state index >= 15 is 0 Å². The minimum atomic E-state index is -0.880. The number of ether oxygens (including phenoxy) is 1. The maximum Gasteiger partial charge on any atom is 0.181 e. The molecule has 2 rings (SSSR count). The van der Waals surface area contributed by atoms with Crippen molar-refractivity contribution >= 4 is 11.3 Å². The van der Waals surface area contributed by atoms with E-state index in [9.17, 15) is 5.11 Å². The number of pyridine rings is 1. The molecular weight excluding hydrogens is 210 g/mol. The van der Waals surface area contributed by atoms with E-state index < -0.39 is 6.29 Å². The van der Waals surface area contributed by atoms with Crippen LogP contribution in [0.4, 0.5) is 0 Å². The van der Waals surface area contributed by atoms with Crippen LogP contribution in [0.15, 0.2) is 42.0 Å².